The molecular weight excluding hydrogens is 630 g/mol. The Morgan fingerprint density at radius 3 is 2.02 bits per heavy atom. The van der Waals surface area contributed by atoms with Gasteiger partial charge in [0.15, 0.2) is 0 Å². The molecule has 0 bridgehead atoms. The summed E-state index contributed by atoms with van der Waals surface area (Å²) in [5, 5.41) is 3.11. The van der Waals surface area contributed by atoms with Gasteiger partial charge in [-0.2, -0.15) is 0 Å². The standard InChI is InChI=1S/C38H60FN2O6P/c1-4-7-8-9-10-11-12-13-14-15-16-17-18-19-38(42)41-34(25-29-48(43,46-5-2)47-6-3)30-33-20-22-36(23-21-33)45-32-35-31-37(24-27-40-35)44-28-26-39/h20-25,27,29,31,34H,4-19,26,28,30,32H2,1-3H3,(H,41,42)/b29-25+/t34-/m0/s1. The van der Waals surface area contributed by atoms with Crippen LogP contribution in [0.2, 0.25) is 0 Å². The molecule has 1 aromatic carbocycles. The normalized spacial score (nSPS) is 12.3. The topological polar surface area (TPSA) is 96.0 Å². The monoisotopic (exact) mass is 690 g/mol. The molecule has 1 heterocycles. The lowest BCUT2D eigenvalue weighted by Crippen LogP contribution is -2.34. The van der Waals surface area contributed by atoms with Crippen molar-refractivity contribution in [3.05, 3.63) is 65.7 Å². The van der Waals surface area contributed by atoms with E-state index in [9.17, 15) is 13.8 Å². The third-order valence-electron chi connectivity index (χ3n) is 7.87. The second kappa shape index (κ2) is 26.2. The molecule has 1 amide bonds. The Morgan fingerprint density at radius 2 is 1.44 bits per heavy atom. The van der Waals surface area contributed by atoms with Crippen molar-refractivity contribution in [2.75, 3.05) is 26.5 Å². The summed E-state index contributed by atoms with van der Waals surface area (Å²) in [5.41, 5.74) is 1.64. The second-order valence-corrected chi connectivity index (χ2v) is 13.9. The number of carbonyl (C=O) groups is 1. The average molecular weight is 691 g/mol. The van der Waals surface area contributed by atoms with E-state index in [2.05, 4.69) is 17.2 Å². The number of hydrogen-bond acceptors (Lipinski definition) is 7. The number of unbranched alkanes of at least 4 members (excludes halogenated alkanes) is 12. The minimum atomic E-state index is -3.41. The molecule has 2 aromatic rings. The molecule has 0 spiro atoms. The van der Waals surface area contributed by atoms with Crippen LogP contribution in [0.3, 0.4) is 0 Å². The van der Waals surface area contributed by atoms with Gasteiger partial charge in [-0.3, -0.25) is 14.3 Å². The number of alkyl halides is 1. The highest BCUT2D eigenvalue weighted by Crippen LogP contribution is 2.49. The van der Waals surface area contributed by atoms with Gasteiger partial charge in [-0.05, 0) is 50.5 Å². The van der Waals surface area contributed by atoms with Crippen molar-refractivity contribution in [1.29, 1.82) is 0 Å². The molecule has 0 saturated heterocycles. The lowest BCUT2D eigenvalue weighted by atomic mass is 10.0. The Bertz CT molecular complexity index is 1190. The molecule has 1 aromatic heterocycles. The van der Waals surface area contributed by atoms with Crippen molar-refractivity contribution in [2.24, 2.45) is 0 Å². The lowest BCUT2D eigenvalue weighted by molar-refractivity contribution is -0.121. The molecule has 0 aliphatic rings. The number of hydrogen-bond donors (Lipinski definition) is 1. The van der Waals surface area contributed by atoms with Gasteiger partial charge >= 0.3 is 7.60 Å². The van der Waals surface area contributed by atoms with Crippen LogP contribution in [-0.4, -0.2) is 43.4 Å². The molecule has 0 radical (unpaired) electrons. The molecule has 1 atom stereocenters. The smallest absolute Gasteiger partial charge is 0.353 e. The minimum absolute atomic E-state index is 0.00332. The number of pyridine rings is 1. The Hall–Kier alpha value is -2.74. The van der Waals surface area contributed by atoms with Gasteiger partial charge in [0.1, 0.15) is 31.4 Å². The lowest BCUT2D eigenvalue weighted by Gasteiger charge is -2.18. The number of carbonyl (C=O) groups excluding carboxylic acids is 1. The first kappa shape index (κ1) is 41.4. The fourth-order valence-electron chi connectivity index (χ4n) is 5.36. The van der Waals surface area contributed by atoms with E-state index in [0.717, 1.165) is 24.8 Å². The zero-order valence-corrected chi connectivity index (χ0v) is 30.5. The van der Waals surface area contributed by atoms with Crippen LogP contribution in [0, 0.1) is 0 Å². The van der Waals surface area contributed by atoms with Crippen molar-refractivity contribution in [2.45, 2.75) is 130 Å². The van der Waals surface area contributed by atoms with Crippen LogP contribution in [-0.2, 0) is 31.4 Å². The van der Waals surface area contributed by atoms with E-state index < -0.39 is 20.3 Å². The van der Waals surface area contributed by atoms with Crippen LogP contribution in [0.15, 0.2) is 54.5 Å². The number of ether oxygens (including phenoxy) is 2. The summed E-state index contributed by atoms with van der Waals surface area (Å²) in [6.45, 7) is 5.97. The quantitative estimate of drug-likeness (QED) is 0.0670. The van der Waals surface area contributed by atoms with Crippen LogP contribution in [0.4, 0.5) is 4.39 Å². The molecule has 0 unspecified atom stereocenters. The van der Waals surface area contributed by atoms with Gasteiger partial charge in [0.2, 0.25) is 5.91 Å². The number of nitrogens with zero attached hydrogens (tertiary/aromatic N) is 1. The molecule has 0 aliphatic carbocycles. The molecule has 8 nitrogen and oxygen atoms in total. The molecule has 10 heteroatoms. The van der Waals surface area contributed by atoms with Gasteiger partial charge < -0.3 is 23.8 Å². The van der Waals surface area contributed by atoms with E-state index in [0.29, 0.717) is 30.0 Å². The summed E-state index contributed by atoms with van der Waals surface area (Å²) in [4.78, 5) is 17.2. The third-order valence-corrected chi connectivity index (χ3v) is 9.65. The molecule has 1 N–H and O–H groups in total. The van der Waals surface area contributed by atoms with Crippen LogP contribution in [0.25, 0.3) is 0 Å². The SMILES string of the molecule is CCCCCCCCCCCCCCCC(=O)N[C@@H](/C=C/P(=O)(OCC)OCC)Cc1ccc(OCc2cc(OCCF)ccn2)cc1. The Kier molecular flexibility index (Phi) is 22.6. The maximum atomic E-state index is 13.1. The molecule has 0 saturated carbocycles. The highest BCUT2D eigenvalue weighted by Gasteiger charge is 2.21. The third kappa shape index (κ3) is 19.3. The van der Waals surface area contributed by atoms with Crippen LogP contribution >= 0.6 is 7.60 Å². The van der Waals surface area contributed by atoms with Gasteiger partial charge in [0.05, 0.1) is 24.9 Å². The van der Waals surface area contributed by atoms with E-state index in [1.54, 1.807) is 38.3 Å². The van der Waals surface area contributed by atoms with Crippen LogP contribution < -0.4 is 14.8 Å². The van der Waals surface area contributed by atoms with Gasteiger partial charge in [0.25, 0.3) is 0 Å². The minimum Gasteiger partial charge on any atom is -0.491 e. The Labute approximate surface area is 289 Å². The van der Waals surface area contributed by atoms with Crippen molar-refractivity contribution in [3.63, 3.8) is 0 Å². The average Bonchev–Trinajstić information content (AvgIpc) is 3.08. The predicted molar refractivity (Wildman–Crippen MR) is 192 cm³/mol. The predicted octanol–water partition coefficient (Wildman–Crippen LogP) is 10.3. The zero-order chi connectivity index (χ0) is 34.7. The summed E-state index contributed by atoms with van der Waals surface area (Å²) in [6.07, 6.45) is 20.6. The summed E-state index contributed by atoms with van der Waals surface area (Å²) in [5.74, 6) is 2.64. The van der Waals surface area contributed by atoms with Gasteiger partial charge in [-0.1, -0.05) is 102 Å². The highest BCUT2D eigenvalue weighted by molar-refractivity contribution is 7.57. The summed E-state index contributed by atoms with van der Waals surface area (Å²) < 4.78 is 47.6. The molecule has 2 rings (SSSR count). The first-order valence-electron chi connectivity index (χ1n) is 18.1. The summed E-state index contributed by atoms with van der Waals surface area (Å²) >= 11 is 0. The highest BCUT2D eigenvalue weighted by atomic mass is 31.2. The van der Waals surface area contributed by atoms with E-state index in [1.165, 1.54) is 70.0 Å². The van der Waals surface area contributed by atoms with E-state index in [4.69, 9.17) is 18.5 Å². The molecular formula is C38H60FN2O6P. The van der Waals surface area contributed by atoms with Crippen LogP contribution in [0.1, 0.15) is 122 Å². The Morgan fingerprint density at radius 1 is 0.833 bits per heavy atom. The van der Waals surface area contributed by atoms with Crippen molar-refractivity contribution in [3.8, 4) is 11.5 Å². The van der Waals surface area contributed by atoms with Crippen molar-refractivity contribution < 1.29 is 32.3 Å². The molecule has 0 fully saturated rings. The largest absolute Gasteiger partial charge is 0.491 e. The Balaban J connectivity index is 1.85. The van der Waals surface area contributed by atoms with E-state index in [-0.39, 0.29) is 32.3 Å². The summed E-state index contributed by atoms with van der Waals surface area (Å²) in [6, 6.07) is 10.6. The number of rotatable bonds is 29. The maximum absolute atomic E-state index is 13.1. The van der Waals surface area contributed by atoms with Crippen molar-refractivity contribution >= 4 is 13.5 Å². The fraction of sp³-hybridized carbons (Fsp3) is 0.632. The number of halogens is 1. The number of aromatic nitrogens is 1. The van der Waals surface area contributed by atoms with Gasteiger partial charge in [-0.25, -0.2) is 4.39 Å². The van der Waals surface area contributed by atoms with E-state index >= 15 is 0 Å². The van der Waals surface area contributed by atoms with E-state index in [1.807, 2.05) is 24.3 Å². The van der Waals surface area contributed by atoms with Gasteiger partial charge in [0, 0.05) is 24.5 Å². The maximum Gasteiger partial charge on any atom is 0.353 e. The summed E-state index contributed by atoms with van der Waals surface area (Å²) in [7, 11) is -3.41. The first-order chi connectivity index (χ1) is 23.4. The molecule has 0 aliphatic heterocycles. The fourth-order valence-corrected chi connectivity index (χ4v) is 6.74. The number of amides is 1. The van der Waals surface area contributed by atoms with Crippen molar-refractivity contribution in [1.82, 2.24) is 10.3 Å². The number of benzene rings is 1. The zero-order valence-electron chi connectivity index (χ0n) is 29.6. The number of nitrogens with one attached hydrogen (secondary N) is 1. The van der Waals surface area contributed by atoms with Gasteiger partial charge in [-0.15, -0.1) is 0 Å². The molecule has 48 heavy (non-hydrogen) atoms. The second-order valence-electron chi connectivity index (χ2n) is 12.0. The molecule has 270 valence electrons. The van der Waals surface area contributed by atoms with Crippen LogP contribution in [0.5, 0.6) is 11.5 Å². The first-order valence-corrected chi connectivity index (χ1v) is 19.8.